The van der Waals surface area contributed by atoms with Gasteiger partial charge in [0, 0.05) is 6.54 Å². The maximum atomic E-state index is 12.3. The first-order valence-corrected chi connectivity index (χ1v) is 9.37. The molecular weight excluding hydrogens is 284 g/mol. The summed E-state index contributed by atoms with van der Waals surface area (Å²) in [5.74, 6) is 0.180. The fraction of sp³-hybridized carbons (Fsp3) is 0.625. The van der Waals surface area contributed by atoms with Gasteiger partial charge in [-0.25, -0.2) is 8.42 Å². The third-order valence-electron chi connectivity index (χ3n) is 4.67. The lowest BCUT2D eigenvalue weighted by molar-refractivity contribution is 0.112. The molecule has 1 atom stereocenters. The quantitative estimate of drug-likeness (QED) is 0.818. The molecule has 4 nitrogen and oxygen atoms in total. The first kappa shape index (κ1) is 16.5. The van der Waals surface area contributed by atoms with Crippen molar-refractivity contribution in [3.63, 3.8) is 0 Å². The van der Waals surface area contributed by atoms with E-state index in [0.717, 1.165) is 18.5 Å². The van der Waals surface area contributed by atoms with Gasteiger partial charge in [-0.2, -0.15) is 0 Å². The molecule has 0 amide bonds. The Morgan fingerprint density at radius 1 is 1.29 bits per heavy atom. The summed E-state index contributed by atoms with van der Waals surface area (Å²) in [7, 11) is -1.10. The Kier molecular flexibility index (Phi) is 5.07. The van der Waals surface area contributed by atoms with Crippen molar-refractivity contribution in [3.8, 4) is 0 Å². The Labute approximate surface area is 128 Å². The normalized spacial score (nSPS) is 24.0. The van der Waals surface area contributed by atoms with Crippen LogP contribution in [-0.4, -0.2) is 39.2 Å². The third-order valence-corrected chi connectivity index (χ3v) is 6.44. The van der Waals surface area contributed by atoms with Crippen LogP contribution in [-0.2, 0) is 15.4 Å². The predicted molar refractivity (Wildman–Crippen MR) is 86.0 cm³/mol. The second kappa shape index (κ2) is 6.46. The first-order valence-electron chi connectivity index (χ1n) is 7.71. The van der Waals surface area contributed by atoms with Gasteiger partial charge in [-0.1, -0.05) is 38.0 Å². The molecule has 1 aromatic carbocycles. The van der Waals surface area contributed by atoms with Gasteiger partial charge in [0.1, 0.15) is 0 Å². The van der Waals surface area contributed by atoms with Gasteiger partial charge in [-0.05, 0) is 38.1 Å². The Morgan fingerprint density at radius 3 is 2.67 bits per heavy atom. The van der Waals surface area contributed by atoms with Crippen molar-refractivity contribution in [2.24, 2.45) is 5.73 Å². The second-order valence-corrected chi connectivity index (χ2v) is 8.01. The van der Waals surface area contributed by atoms with Gasteiger partial charge in [0.25, 0.3) is 0 Å². The van der Waals surface area contributed by atoms with E-state index >= 15 is 0 Å². The van der Waals surface area contributed by atoms with Gasteiger partial charge < -0.3 is 5.73 Å². The van der Waals surface area contributed by atoms with Crippen LogP contribution in [0.2, 0.25) is 0 Å². The SMILES string of the molecule is CCCCCN(C)C1(CN)CCS(=O)(=O)c2ccccc21. The van der Waals surface area contributed by atoms with Crippen LogP contribution in [0, 0.1) is 0 Å². The smallest absolute Gasteiger partial charge is 0.178 e. The molecule has 0 aliphatic carbocycles. The molecule has 21 heavy (non-hydrogen) atoms. The van der Waals surface area contributed by atoms with Crippen LogP contribution in [0.25, 0.3) is 0 Å². The van der Waals surface area contributed by atoms with E-state index in [4.69, 9.17) is 5.73 Å². The zero-order valence-electron chi connectivity index (χ0n) is 13.0. The van der Waals surface area contributed by atoms with E-state index in [0.29, 0.717) is 17.9 Å². The molecule has 1 aliphatic heterocycles. The maximum Gasteiger partial charge on any atom is 0.178 e. The minimum atomic E-state index is -3.16. The topological polar surface area (TPSA) is 63.4 Å². The van der Waals surface area contributed by atoms with Crippen LogP contribution in [0.1, 0.15) is 38.2 Å². The van der Waals surface area contributed by atoms with E-state index in [1.807, 2.05) is 12.1 Å². The molecule has 0 fully saturated rings. The Morgan fingerprint density at radius 2 is 2.00 bits per heavy atom. The summed E-state index contributed by atoms with van der Waals surface area (Å²) in [5, 5.41) is 0. The molecule has 0 bridgehead atoms. The summed E-state index contributed by atoms with van der Waals surface area (Å²) < 4.78 is 24.6. The Bertz CT molecular complexity index is 586. The highest BCUT2D eigenvalue weighted by Crippen LogP contribution is 2.40. The van der Waals surface area contributed by atoms with Crippen LogP contribution in [0.4, 0.5) is 0 Å². The highest BCUT2D eigenvalue weighted by Gasteiger charge is 2.43. The molecule has 0 radical (unpaired) electrons. The van der Waals surface area contributed by atoms with Crippen molar-refractivity contribution >= 4 is 9.84 Å². The minimum Gasteiger partial charge on any atom is -0.328 e. The molecule has 1 unspecified atom stereocenters. The van der Waals surface area contributed by atoms with Gasteiger partial charge in [0.2, 0.25) is 0 Å². The Hall–Kier alpha value is -0.910. The van der Waals surface area contributed by atoms with Crippen molar-refractivity contribution in [3.05, 3.63) is 29.8 Å². The third kappa shape index (κ3) is 3.00. The van der Waals surface area contributed by atoms with Gasteiger partial charge in [-0.15, -0.1) is 0 Å². The second-order valence-electron chi connectivity index (χ2n) is 5.93. The number of benzene rings is 1. The Balaban J connectivity index is 2.40. The lowest BCUT2D eigenvalue weighted by Gasteiger charge is -2.45. The number of hydrogen-bond donors (Lipinski definition) is 1. The van der Waals surface area contributed by atoms with E-state index in [2.05, 4.69) is 18.9 Å². The highest BCUT2D eigenvalue weighted by molar-refractivity contribution is 7.91. The van der Waals surface area contributed by atoms with E-state index < -0.39 is 9.84 Å². The van der Waals surface area contributed by atoms with Gasteiger partial charge in [0.15, 0.2) is 9.84 Å². The standard InChI is InChI=1S/C16H26N2O2S/c1-3-4-7-11-18(2)16(13-17)10-12-21(19,20)15-9-6-5-8-14(15)16/h5-6,8-9H,3-4,7,10-13,17H2,1-2H3. The van der Waals surface area contributed by atoms with E-state index in [-0.39, 0.29) is 11.3 Å². The number of hydrogen-bond acceptors (Lipinski definition) is 4. The summed E-state index contributed by atoms with van der Waals surface area (Å²) in [5.41, 5.74) is 6.63. The van der Waals surface area contributed by atoms with Crippen molar-refractivity contribution in [1.29, 1.82) is 0 Å². The summed E-state index contributed by atoms with van der Waals surface area (Å²) >= 11 is 0. The molecule has 0 aromatic heterocycles. The lowest BCUT2D eigenvalue weighted by atomic mass is 9.85. The number of unbranched alkanes of at least 4 members (excludes halogenated alkanes) is 2. The van der Waals surface area contributed by atoms with Crippen LogP contribution in [0.3, 0.4) is 0 Å². The van der Waals surface area contributed by atoms with E-state index in [9.17, 15) is 8.42 Å². The summed E-state index contributed by atoms with van der Waals surface area (Å²) in [6.45, 7) is 3.57. The van der Waals surface area contributed by atoms with E-state index in [1.54, 1.807) is 12.1 Å². The number of rotatable bonds is 6. The van der Waals surface area contributed by atoms with Crippen LogP contribution >= 0.6 is 0 Å². The molecule has 1 heterocycles. The number of likely N-dealkylation sites (N-methyl/N-ethyl adjacent to an activating group) is 1. The molecule has 0 saturated heterocycles. The lowest BCUT2D eigenvalue weighted by Crippen LogP contribution is -2.53. The number of fused-ring (bicyclic) bond motifs is 1. The molecule has 2 N–H and O–H groups in total. The van der Waals surface area contributed by atoms with Crippen LogP contribution in [0.15, 0.2) is 29.2 Å². The van der Waals surface area contributed by atoms with Crippen LogP contribution < -0.4 is 5.73 Å². The number of nitrogens with two attached hydrogens (primary N) is 1. The summed E-state index contributed by atoms with van der Waals surface area (Å²) in [4.78, 5) is 2.72. The largest absolute Gasteiger partial charge is 0.328 e. The molecule has 5 heteroatoms. The van der Waals surface area contributed by atoms with Gasteiger partial charge in [0.05, 0.1) is 16.2 Å². The fourth-order valence-corrected chi connectivity index (χ4v) is 4.95. The number of sulfone groups is 1. The van der Waals surface area contributed by atoms with Crippen LogP contribution in [0.5, 0.6) is 0 Å². The zero-order valence-corrected chi connectivity index (χ0v) is 13.8. The van der Waals surface area contributed by atoms with Gasteiger partial charge in [-0.3, -0.25) is 4.90 Å². The van der Waals surface area contributed by atoms with Crippen molar-refractivity contribution in [1.82, 2.24) is 4.90 Å². The molecular formula is C16H26N2O2S. The molecule has 118 valence electrons. The fourth-order valence-electron chi connectivity index (χ4n) is 3.25. The molecule has 2 rings (SSSR count). The molecule has 0 spiro atoms. The first-order chi connectivity index (χ1) is 9.98. The van der Waals surface area contributed by atoms with Crippen molar-refractivity contribution in [2.75, 3.05) is 25.9 Å². The number of nitrogens with zero attached hydrogens (tertiary/aromatic N) is 1. The summed E-state index contributed by atoms with van der Waals surface area (Å²) in [6.07, 6.45) is 4.05. The van der Waals surface area contributed by atoms with Gasteiger partial charge >= 0.3 is 0 Å². The van der Waals surface area contributed by atoms with E-state index in [1.165, 1.54) is 12.8 Å². The monoisotopic (exact) mass is 310 g/mol. The predicted octanol–water partition coefficient (Wildman–Crippen LogP) is 2.14. The average Bonchev–Trinajstić information content (AvgIpc) is 2.48. The molecule has 1 aromatic rings. The minimum absolute atomic E-state index is 0.180. The summed E-state index contributed by atoms with van der Waals surface area (Å²) in [6, 6.07) is 7.34. The maximum absolute atomic E-state index is 12.3. The molecule has 0 saturated carbocycles. The zero-order chi connectivity index (χ0) is 15.5. The highest BCUT2D eigenvalue weighted by atomic mass is 32.2. The molecule has 1 aliphatic rings. The average molecular weight is 310 g/mol. The van der Waals surface area contributed by atoms with Crippen molar-refractivity contribution in [2.45, 2.75) is 43.0 Å². The van der Waals surface area contributed by atoms with Crippen molar-refractivity contribution < 1.29 is 8.42 Å².